The van der Waals surface area contributed by atoms with Gasteiger partial charge in [-0.3, -0.25) is 0 Å². The molecule has 1 N–H and O–H groups in total. The Hall–Kier alpha value is -1.79. The molecule has 0 radical (unpaired) electrons. The summed E-state index contributed by atoms with van der Waals surface area (Å²) in [6.45, 7) is 3.74. The lowest BCUT2D eigenvalue weighted by atomic mass is 9.75. The molecule has 3 atom stereocenters. The van der Waals surface area contributed by atoms with Crippen molar-refractivity contribution < 1.29 is 35.1 Å². The Labute approximate surface area is 221 Å². The van der Waals surface area contributed by atoms with E-state index in [2.05, 4.69) is 5.32 Å². The van der Waals surface area contributed by atoms with E-state index in [1.165, 1.54) is 24.3 Å². The molecule has 1 fully saturated rings. The number of nitrogens with one attached hydrogen (secondary N) is 1. The second kappa shape index (κ2) is 10.8. The molecule has 1 saturated heterocycles. The molecule has 12 heteroatoms. The van der Waals surface area contributed by atoms with Crippen molar-refractivity contribution in [2.45, 2.75) is 48.5 Å². The molecular formula is C25H30ClF2NO6S2. The number of hydrogen-bond donors (Lipinski definition) is 1. The Kier molecular flexibility index (Phi) is 8.21. The molecule has 0 bridgehead atoms. The van der Waals surface area contributed by atoms with Crippen molar-refractivity contribution in [2.75, 3.05) is 31.3 Å². The third-order valence-corrected chi connectivity index (χ3v) is 11.5. The fourth-order valence-electron chi connectivity index (χ4n) is 5.24. The highest BCUT2D eigenvalue weighted by atomic mass is 35.5. The Morgan fingerprint density at radius 1 is 1.05 bits per heavy atom. The van der Waals surface area contributed by atoms with Crippen LogP contribution < -0.4 is 10.1 Å². The number of ether oxygens (including phenoxy) is 2. The predicted octanol–water partition coefficient (Wildman–Crippen LogP) is 3.89. The van der Waals surface area contributed by atoms with Crippen molar-refractivity contribution in [1.82, 2.24) is 5.32 Å². The molecule has 0 spiro atoms. The maximum Gasteiger partial charge on any atom is 0.189 e. The Bertz CT molecular complexity index is 1350. The number of rotatable bonds is 9. The van der Waals surface area contributed by atoms with E-state index in [9.17, 15) is 21.2 Å². The molecule has 0 aliphatic carbocycles. The Morgan fingerprint density at radius 3 is 2.41 bits per heavy atom. The summed E-state index contributed by atoms with van der Waals surface area (Å²) in [6.07, 6.45) is -1.04. The average molecular weight is 578 g/mol. The van der Waals surface area contributed by atoms with E-state index < -0.39 is 53.8 Å². The van der Waals surface area contributed by atoms with E-state index in [-0.39, 0.29) is 60.6 Å². The third-order valence-electron chi connectivity index (χ3n) is 7.02. The van der Waals surface area contributed by atoms with Crippen LogP contribution in [0.2, 0.25) is 5.02 Å². The summed E-state index contributed by atoms with van der Waals surface area (Å²) >= 11 is 5.97. The highest BCUT2D eigenvalue weighted by Crippen LogP contribution is 2.55. The summed E-state index contributed by atoms with van der Waals surface area (Å²) in [5.74, 6) is -3.54. The van der Waals surface area contributed by atoms with E-state index in [0.29, 0.717) is 5.02 Å². The minimum absolute atomic E-state index is 0.0117. The monoisotopic (exact) mass is 577 g/mol. The zero-order valence-corrected chi connectivity index (χ0v) is 22.9. The number of benzene rings is 2. The van der Waals surface area contributed by atoms with E-state index in [4.69, 9.17) is 21.1 Å². The van der Waals surface area contributed by atoms with Gasteiger partial charge in [-0.05, 0) is 49.2 Å². The van der Waals surface area contributed by atoms with Gasteiger partial charge < -0.3 is 14.8 Å². The standard InChI is InChI=1S/C25H30ClF2NO6S2/c1-16(2)29-11-14-36(30,31)13-9-22-19-15-35-24-21(28)8-7-20(27)23(24)25(19,10-12-34-22)37(32,33)18-5-3-17(26)4-6-18/h3-8,16,19,22,29H,9-15H2,1-2H3/t19-,22-,25-/m0/s1. The Balaban J connectivity index is 1.75. The van der Waals surface area contributed by atoms with Crippen molar-refractivity contribution in [2.24, 2.45) is 5.92 Å². The van der Waals surface area contributed by atoms with Crippen LogP contribution in [-0.2, 0) is 29.2 Å². The smallest absolute Gasteiger partial charge is 0.189 e. The number of sulfone groups is 2. The van der Waals surface area contributed by atoms with Crippen LogP contribution in [0.4, 0.5) is 8.78 Å². The topological polar surface area (TPSA) is 98.8 Å². The summed E-state index contributed by atoms with van der Waals surface area (Å²) < 4.78 is 93.6. The molecule has 204 valence electrons. The van der Waals surface area contributed by atoms with E-state index in [1.807, 2.05) is 13.8 Å². The van der Waals surface area contributed by atoms with Crippen LogP contribution >= 0.6 is 11.6 Å². The molecule has 0 amide bonds. The predicted molar refractivity (Wildman–Crippen MR) is 136 cm³/mol. The Morgan fingerprint density at radius 2 is 1.73 bits per heavy atom. The quantitative estimate of drug-likeness (QED) is 0.483. The highest BCUT2D eigenvalue weighted by Gasteiger charge is 2.61. The first-order valence-electron chi connectivity index (χ1n) is 12.1. The van der Waals surface area contributed by atoms with Gasteiger partial charge in [0.15, 0.2) is 31.2 Å². The lowest BCUT2D eigenvalue weighted by molar-refractivity contribution is -0.0732. The minimum atomic E-state index is -4.35. The van der Waals surface area contributed by atoms with Crippen molar-refractivity contribution >= 4 is 31.3 Å². The fraction of sp³-hybridized carbons (Fsp3) is 0.520. The summed E-state index contributed by atoms with van der Waals surface area (Å²) in [5.41, 5.74) is -0.379. The van der Waals surface area contributed by atoms with Gasteiger partial charge in [-0.25, -0.2) is 25.6 Å². The van der Waals surface area contributed by atoms with E-state index in [1.54, 1.807) is 0 Å². The molecule has 2 aliphatic rings. The molecule has 2 heterocycles. The van der Waals surface area contributed by atoms with Crippen molar-refractivity contribution in [1.29, 1.82) is 0 Å². The van der Waals surface area contributed by atoms with Crippen LogP contribution in [0.3, 0.4) is 0 Å². The van der Waals surface area contributed by atoms with Gasteiger partial charge >= 0.3 is 0 Å². The SMILES string of the molecule is CC(C)NCCS(=O)(=O)CC[C@@H]1OCC[C@@]2(S(=O)(=O)c3ccc(Cl)cc3)c3c(F)ccc(F)c3OC[C@@H]12. The van der Waals surface area contributed by atoms with Gasteiger partial charge in [-0.1, -0.05) is 25.4 Å². The first-order valence-corrected chi connectivity index (χ1v) is 15.7. The zero-order chi connectivity index (χ0) is 27.0. The van der Waals surface area contributed by atoms with Gasteiger partial charge in [0, 0.05) is 30.1 Å². The first-order chi connectivity index (χ1) is 17.4. The summed E-state index contributed by atoms with van der Waals surface area (Å²) in [6, 6.07) is 7.39. The molecule has 0 saturated carbocycles. The van der Waals surface area contributed by atoms with Crippen LogP contribution in [0.5, 0.6) is 5.75 Å². The fourth-order valence-corrected chi connectivity index (χ4v) is 8.93. The first kappa shape index (κ1) is 28.2. The summed E-state index contributed by atoms with van der Waals surface area (Å²) in [5, 5.41) is 3.38. The maximum absolute atomic E-state index is 15.4. The normalized spacial score (nSPS) is 23.8. The number of halogens is 3. The van der Waals surface area contributed by atoms with Crippen LogP contribution in [-0.4, -0.2) is 60.2 Å². The van der Waals surface area contributed by atoms with Crippen LogP contribution in [0, 0.1) is 17.6 Å². The molecule has 2 aromatic carbocycles. The van der Waals surface area contributed by atoms with Crippen molar-refractivity contribution in [3.63, 3.8) is 0 Å². The van der Waals surface area contributed by atoms with Gasteiger partial charge in [0.05, 0.1) is 34.7 Å². The largest absolute Gasteiger partial charge is 0.490 e. The van der Waals surface area contributed by atoms with Gasteiger partial charge in [-0.15, -0.1) is 0 Å². The zero-order valence-electron chi connectivity index (χ0n) is 20.5. The minimum Gasteiger partial charge on any atom is -0.490 e. The molecule has 4 rings (SSSR count). The van der Waals surface area contributed by atoms with Crippen LogP contribution in [0.15, 0.2) is 41.3 Å². The molecule has 7 nitrogen and oxygen atoms in total. The van der Waals surface area contributed by atoms with Gasteiger partial charge in [0.1, 0.15) is 10.6 Å². The van der Waals surface area contributed by atoms with Crippen LogP contribution in [0.1, 0.15) is 32.3 Å². The number of fused-ring (bicyclic) bond motifs is 3. The van der Waals surface area contributed by atoms with Crippen LogP contribution in [0.25, 0.3) is 0 Å². The van der Waals surface area contributed by atoms with E-state index >= 15 is 4.39 Å². The molecule has 2 aliphatic heterocycles. The molecule has 2 aromatic rings. The molecule has 0 unspecified atom stereocenters. The number of hydrogen-bond acceptors (Lipinski definition) is 7. The lowest BCUT2D eigenvalue weighted by Gasteiger charge is -2.50. The third kappa shape index (κ3) is 5.38. The second-order valence-electron chi connectivity index (χ2n) is 9.71. The summed E-state index contributed by atoms with van der Waals surface area (Å²) in [7, 11) is -7.83. The van der Waals surface area contributed by atoms with Crippen molar-refractivity contribution in [3.05, 3.63) is 58.6 Å². The maximum atomic E-state index is 15.4. The van der Waals surface area contributed by atoms with Gasteiger partial charge in [-0.2, -0.15) is 0 Å². The molecule has 37 heavy (non-hydrogen) atoms. The second-order valence-corrected chi connectivity index (χ2v) is 14.7. The van der Waals surface area contributed by atoms with Gasteiger partial charge in [0.2, 0.25) is 0 Å². The van der Waals surface area contributed by atoms with Gasteiger partial charge in [0.25, 0.3) is 0 Å². The molecular weight excluding hydrogens is 548 g/mol. The molecule has 0 aromatic heterocycles. The lowest BCUT2D eigenvalue weighted by Crippen LogP contribution is -2.57. The summed E-state index contributed by atoms with van der Waals surface area (Å²) in [4.78, 5) is -0.105. The average Bonchev–Trinajstić information content (AvgIpc) is 2.84. The highest BCUT2D eigenvalue weighted by molar-refractivity contribution is 7.92. The van der Waals surface area contributed by atoms with E-state index in [0.717, 1.165) is 12.1 Å². The van der Waals surface area contributed by atoms with Crippen molar-refractivity contribution in [3.8, 4) is 5.75 Å².